The smallest absolute Gasteiger partial charge is 0.318 e. The van der Waals surface area contributed by atoms with Gasteiger partial charge in [-0.25, -0.2) is 4.79 Å². The first-order valence-electron chi connectivity index (χ1n) is 7.90. The van der Waals surface area contributed by atoms with Gasteiger partial charge in [0.1, 0.15) is 5.75 Å². The Labute approximate surface area is 142 Å². The van der Waals surface area contributed by atoms with Crippen LogP contribution in [0.1, 0.15) is 24.1 Å². The zero-order chi connectivity index (χ0) is 17.5. The van der Waals surface area contributed by atoms with Gasteiger partial charge in [0.25, 0.3) is 0 Å². The number of nitrogens with zero attached hydrogens (tertiary/aromatic N) is 1. The summed E-state index contributed by atoms with van der Waals surface area (Å²) in [6, 6.07) is 16.6. The van der Waals surface area contributed by atoms with E-state index in [0.29, 0.717) is 0 Å². The fourth-order valence-corrected chi connectivity index (χ4v) is 2.35. The molecule has 0 spiro atoms. The van der Waals surface area contributed by atoms with E-state index in [1.54, 1.807) is 21.1 Å². The Kier molecular flexibility index (Phi) is 6.21. The van der Waals surface area contributed by atoms with Gasteiger partial charge >= 0.3 is 6.03 Å². The van der Waals surface area contributed by atoms with Crippen LogP contribution in [0.4, 0.5) is 4.79 Å². The average molecular weight is 328 g/mol. The lowest BCUT2D eigenvalue weighted by molar-refractivity contribution is 0.156. The Hall–Kier alpha value is -2.53. The number of urea groups is 1. The largest absolute Gasteiger partial charge is 0.497 e. The lowest BCUT2D eigenvalue weighted by Gasteiger charge is -2.27. The van der Waals surface area contributed by atoms with Crippen LogP contribution in [0.5, 0.6) is 5.75 Å². The molecule has 0 fully saturated rings. The highest BCUT2D eigenvalue weighted by atomic mass is 16.5. The van der Waals surface area contributed by atoms with Crippen molar-refractivity contribution in [2.45, 2.75) is 19.0 Å². The molecule has 0 saturated heterocycles. The highest BCUT2D eigenvalue weighted by molar-refractivity contribution is 5.75. The third-order valence-electron chi connectivity index (χ3n) is 4.10. The predicted octanol–water partition coefficient (Wildman–Crippen LogP) is 2.81. The fraction of sp³-hybridized carbons (Fsp3) is 0.316. The number of nitrogens with one attached hydrogen (secondary N) is 1. The molecule has 24 heavy (non-hydrogen) atoms. The molecule has 2 rings (SSSR count). The Morgan fingerprint density at radius 2 is 1.71 bits per heavy atom. The molecule has 0 aliphatic rings. The van der Waals surface area contributed by atoms with E-state index in [9.17, 15) is 9.90 Å². The molecule has 5 heteroatoms. The van der Waals surface area contributed by atoms with Gasteiger partial charge in [-0.05, 0) is 30.2 Å². The summed E-state index contributed by atoms with van der Waals surface area (Å²) in [6.07, 6.45) is 0. The Morgan fingerprint density at radius 1 is 1.12 bits per heavy atom. The number of carbonyl (C=O) groups excluding carboxylic acids is 1. The van der Waals surface area contributed by atoms with E-state index < -0.39 is 0 Å². The van der Waals surface area contributed by atoms with Crippen molar-refractivity contribution in [2.24, 2.45) is 0 Å². The van der Waals surface area contributed by atoms with Crippen LogP contribution in [0, 0.1) is 0 Å². The second-order valence-corrected chi connectivity index (χ2v) is 5.71. The zero-order valence-corrected chi connectivity index (χ0v) is 14.3. The molecule has 5 nitrogen and oxygen atoms in total. The molecule has 0 aromatic heterocycles. The maximum absolute atomic E-state index is 12.5. The molecule has 2 atom stereocenters. The normalized spacial score (nSPS) is 13.0. The first-order valence-corrected chi connectivity index (χ1v) is 7.90. The summed E-state index contributed by atoms with van der Waals surface area (Å²) in [5.74, 6) is 0.767. The molecule has 0 aliphatic carbocycles. The van der Waals surface area contributed by atoms with Crippen molar-refractivity contribution >= 4 is 6.03 Å². The maximum Gasteiger partial charge on any atom is 0.318 e. The van der Waals surface area contributed by atoms with Gasteiger partial charge in [0.15, 0.2) is 0 Å². The minimum atomic E-state index is -0.280. The van der Waals surface area contributed by atoms with Crippen molar-refractivity contribution in [3.05, 3.63) is 65.7 Å². The van der Waals surface area contributed by atoms with Crippen molar-refractivity contribution in [2.75, 3.05) is 20.8 Å². The lowest BCUT2D eigenvalue weighted by atomic mass is 9.98. The van der Waals surface area contributed by atoms with Crippen LogP contribution in [0.3, 0.4) is 0 Å². The molecular formula is C19H24N2O3. The van der Waals surface area contributed by atoms with Crippen LogP contribution < -0.4 is 10.1 Å². The highest BCUT2D eigenvalue weighted by Gasteiger charge is 2.21. The Bertz CT molecular complexity index is 643. The van der Waals surface area contributed by atoms with Gasteiger partial charge in [0, 0.05) is 7.05 Å². The van der Waals surface area contributed by atoms with Gasteiger partial charge in [-0.2, -0.15) is 0 Å². The quantitative estimate of drug-likeness (QED) is 0.857. The zero-order valence-electron chi connectivity index (χ0n) is 14.3. The van der Waals surface area contributed by atoms with Crippen molar-refractivity contribution in [1.29, 1.82) is 0 Å². The fourth-order valence-electron chi connectivity index (χ4n) is 2.35. The third kappa shape index (κ3) is 4.26. The number of likely N-dealkylation sites (N-methyl/N-ethyl adjacent to an activating group) is 1. The van der Waals surface area contributed by atoms with Crippen molar-refractivity contribution in [1.82, 2.24) is 10.2 Å². The molecule has 0 bridgehead atoms. The second kappa shape index (κ2) is 8.36. The van der Waals surface area contributed by atoms with Crippen LogP contribution in [0.25, 0.3) is 0 Å². The van der Waals surface area contributed by atoms with Gasteiger partial charge in [-0.3, -0.25) is 0 Å². The highest BCUT2D eigenvalue weighted by Crippen LogP contribution is 2.24. The molecule has 0 saturated carbocycles. The summed E-state index contributed by atoms with van der Waals surface area (Å²) in [5.41, 5.74) is 1.95. The second-order valence-electron chi connectivity index (χ2n) is 5.71. The number of rotatable bonds is 6. The van der Waals surface area contributed by atoms with Crippen LogP contribution in [-0.4, -0.2) is 42.8 Å². The molecule has 0 aliphatic heterocycles. The number of hydrogen-bond donors (Lipinski definition) is 2. The number of hydrogen-bond acceptors (Lipinski definition) is 3. The molecule has 2 aromatic rings. The SMILES string of the molecule is COc1ccc(C(NC(=O)N(C)C(C)CO)c2ccccc2)cc1. The number of ether oxygens (including phenoxy) is 1. The number of aliphatic hydroxyl groups is 1. The average Bonchev–Trinajstić information content (AvgIpc) is 2.65. The summed E-state index contributed by atoms with van der Waals surface area (Å²) in [7, 11) is 3.29. The minimum absolute atomic E-state index is 0.0809. The van der Waals surface area contributed by atoms with Gasteiger partial charge in [-0.1, -0.05) is 42.5 Å². The lowest BCUT2D eigenvalue weighted by Crippen LogP contribution is -2.45. The van der Waals surface area contributed by atoms with Crippen molar-refractivity contribution in [3.63, 3.8) is 0 Å². The summed E-state index contributed by atoms with van der Waals surface area (Å²) in [6.45, 7) is 1.72. The summed E-state index contributed by atoms with van der Waals surface area (Å²) in [4.78, 5) is 14.0. The van der Waals surface area contributed by atoms with E-state index in [-0.39, 0.29) is 24.7 Å². The Morgan fingerprint density at radius 3 is 2.25 bits per heavy atom. The molecule has 2 N–H and O–H groups in total. The van der Waals surface area contributed by atoms with Gasteiger partial charge < -0.3 is 20.1 Å². The van der Waals surface area contributed by atoms with Crippen LogP contribution in [0.2, 0.25) is 0 Å². The first-order chi connectivity index (χ1) is 11.6. The van der Waals surface area contributed by atoms with E-state index in [1.165, 1.54) is 4.90 Å². The molecule has 0 heterocycles. The van der Waals surface area contributed by atoms with Gasteiger partial charge in [0.05, 0.1) is 25.8 Å². The predicted molar refractivity (Wildman–Crippen MR) is 94.1 cm³/mol. The van der Waals surface area contributed by atoms with Crippen LogP contribution >= 0.6 is 0 Å². The topological polar surface area (TPSA) is 61.8 Å². The molecule has 128 valence electrons. The number of benzene rings is 2. The van der Waals surface area contributed by atoms with Crippen LogP contribution in [0.15, 0.2) is 54.6 Å². The minimum Gasteiger partial charge on any atom is -0.497 e. The van der Waals surface area contributed by atoms with Gasteiger partial charge in [0.2, 0.25) is 0 Å². The summed E-state index contributed by atoms with van der Waals surface area (Å²) in [5, 5.41) is 12.3. The molecule has 2 aromatic carbocycles. The number of amides is 2. The number of carbonyl (C=O) groups is 1. The first kappa shape index (κ1) is 17.8. The monoisotopic (exact) mass is 328 g/mol. The summed E-state index contributed by atoms with van der Waals surface area (Å²) >= 11 is 0. The molecule has 0 radical (unpaired) electrons. The van der Waals surface area contributed by atoms with Crippen LogP contribution in [-0.2, 0) is 0 Å². The molecule has 2 unspecified atom stereocenters. The standard InChI is InChI=1S/C19H24N2O3/c1-14(13-22)21(2)19(23)20-18(15-7-5-4-6-8-15)16-9-11-17(24-3)12-10-16/h4-12,14,18,22H,13H2,1-3H3,(H,20,23). The summed E-state index contributed by atoms with van der Waals surface area (Å²) < 4.78 is 5.20. The van der Waals surface area contributed by atoms with Crippen molar-refractivity contribution < 1.29 is 14.6 Å². The van der Waals surface area contributed by atoms with E-state index in [0.717, 1.165) is 16.9 Å². The van der Waals surface area contributed by atoms with E-state index in [4.69, 9.17) is 4.74 Å². The van der Waals surface area contributed by atoms with Crippen molar-refractivity contribution in [3.8, 4) is 5.75 Å². The Balaban J connectivity index is 2.28. The van der Waals surface area contributed by atoms with Gasteiger partial charge in [-0.15, -0.1) is 0 Å². The number of aliphatic hydroxyl groups excluding tert-OH is 1. The molecule has 2 amide bonds. The third-order valence-corrected chi connectivity index (χ3v) is 4.10. The van der Waals surface area contributed by atoms with E-state index >= 15 is 0 Å². The van der Waals surface area contributed by atoms with E-state index in [1.807, 2.05) is 54.6 Å². The maximum atomic E-state index is 12.5. The number of methoxy groups -OCH3 is 1. The van der Waals surface area contributed by atoms with E-state index in [2.05, 4.69) is 5.32 Å². The molecular weight excluding hydrogens is 304 g/mol.